The molecule has 0 radical (unpaired) electrons. The summed E-state index contributed by atoms with van der Waals surface area (Å²) in [5.41, 5.74) is 1.53. The normalized spacial score (nSPS) is 13.8. The lowest BCUT2D eigenvalue weighted by Crippen LogP contribution is -2.45. The van der Waals surface area contributed by atoms with Gasteiger partial charge in [-0.1, -0.05) is 30.3 Å². The zero-order valence-electron chi connectivity index (χ0n) is 24.1. The van der Waals surface area contributed by atoms with E-state index in [4.69, 9.17) is 14.2 Å². The number of methoxy groups -OCH3 is 1. The molecule has 0 atom stereocenters. The van der Waals surface area contributed by atoms with Gasteiger partial charge in [-0.05, 0) is 36.9 Å². The maximum atomic E-state index is 15.0. The highest BCUT2D eigenvalue weighted by Crippen LogP contribution is 2.37. The number of hydrogen-bond acceptors (Lipinski definition) is 8. The molecule has 2 heterocycles. The fourth-order valence-electron chi connectivity index (χ4n) is 4.74. The van der Waals surface area contributed by atoms with Crippen molar-refractivity contribution in [1.29, 1.82) is 0 Å². The summed E-state index contributed by atoms with van der Waals surface area (Å²) in [5.74, 6) is 0.218. The van der Waals surface area contributed by atoms with Crippen LogP contribution in [0.1, 0.15) is 5.56 Å². The monoisotopic (exact) mass is 587 g/mol. The summed E-state index contributed by atoms with van der Waals surface area (Å²) in [4.78, 5) is 33.5. The van der Waals surface area contributed by atoms with Crippen molar-refractivity contribution in [2.45, 2.75) is 6.42 Å². The number of urea groups is 1. The number of likely N-dealkylation sites (N-methyl/N-ethyl adjacent to an activating group) is 1. The molecule has 0 spiro atoms. The number of aromatic nitrogens is 1. The molecule has 1 aliphatic heterocycles. The summed E-state index contributed by atoms with van der Waals surface area (Å²) < 4.78 is 32.6. The molecule has 0 aliphatic carbocycles. The minimum atomic E-state index is -0.761. The molecular formula is C32H34FN5O5. The van der Waals surface area contributed by atoms with Crippen LogP contribution in [0.25, 0.3) is 10.9 Å². The number of anilines is 1. The third-order valence-corrected chi connectivity index (χ3v) is 7.12. The second-order valence-corrected chi connectivity index (χ2v) is 10.2. The lowest BCUT2D eigenvalue weighted by molar-refractivity contribution is -0.119. The van der Waals surface area contributed by atoms with Gasteiger partial charge < -0.3 is 24.4 Å². The van der Waals surface area contributed by atoms with E-state index in [0.29, 0.717) is 34.8 Å². The van der Waals surface area contributed by atoms with Gasteiger partial charge in [0, 0.05) is 62.1 Å². The summed E-state index contributed by atoms with van der Waals surface area (Å²) in [6.45, 7) is 5.40. The summed E-state index contributed by atoms with van der Waals surface area (Å²) in [7, 11) is 3.68. The number of nitrogens with one attached hydrogen (secondary N) is 2. The van der Waals surface area contributed by atoms with Crippen LogP contribution in [0, 0.1) is 5.82 Å². The van der Waals surface area contributed by atoms with Crippen molar-refractivity contribution in [3.63, 3.8) is 0 Å². The maximum Gasteiger partial charge on any atom is 0.325 e. The summed E-state index contributed by atoms with van der Waals surface area (Å²) in [6, 6.07) is 17.4. The number of nitrogens with zero attached hydrogens (tertiary/aromatic N) is 3. The molecule has 43 heavy (non-hydrogen) atoms. The number of rotatable bonds is 10. The number of hydrogen-bond donors (Lipinski definition) is 2. The molecule has 4 aromatic rings. The number of piperazine rings is 1. The Bertz CT molecular complexity index is 1580. The molecule has 224 valence electrons. The van der Waals surface area contributed by atoms with Crippen LogP contribution in [0.15, 0.2) is 72.9 Å². The molecular weight excluding hydrogens is 553 g/mol. The van der Waals surface area contributed by atoms with E-state index in [0.717, 1.165) is 44.4 Å². The van der Waals surface area contributed by atoms with Crippen LogP contribution in [0.5, 0.6) is 23.0 Å². The average molecular weight is 588 g/mol. The molecule has 1 aromatic heterocycles. The number of ether oxygens (including phenoxy) is 3. The van der Waals surface area contributed by atoms with E-state index in [1.807, 2.05) is 18.2 Å². The molecule has 11 heteroatoms. The van der Waals surface area contributed by atoms with Gasteiger partial charge in [0.05, 0.1) is 19.0 Å². The molecule has 1 fully saturated rings. The Morgan fingerprint density at radius 3 is 2.47 bits per heavy atom. The van der Waals surface area contributed by atoms with Gasteiger partial charge in [-0.3, -0.25) is 20.0 Å². The second-order valence-electron chi connectivity index (χ2n) is 10.2. The Labute approximate surface area is 249 Å². The number of benzene rings is 3. The van der Waals surface area contributed by atoms with E-state index in [2.05, 4.69) is 32.5 Å². The van der Waals surface area contributed by atoms with Gasteiger partial charge in [-0.2, -0.15) is 0 Å². The Morgan fingerprint density at radius 1 is 0.930 bits per heavy atom. The highest BCUT2D eigenvalue weighted by atomic mass is 19.1. The fraction of sp³-hybridized carbons (Fsp3) is 0.281. The van der Waals surface area contributed by atoms with E-state index in [1.54, 1.807) is 43.6 Å². The molecule has 0 saturated carbocycles. The van der Waals surface area contributed by atoms with E-state index in [1.165, 1.54) is 12.1 Å². The van der Waals surface area contributed by atoms with Crippen molar-refractivity contribution in [1.82, 2.24) is 20.1 Å². The van der Waals surface area contributed by atoms with Gasteiger partial charge >= 0.3 is 6.03 Å². The molecule has 0 bridgehead atoms. The van der Waals surface area contributed by atoms with Gasteiger partial charge in [0.2, 0.25) is 5.91 Å². The van der Waals surface area contributed by atoms with Gasteiger partial charge in [0.1, 0.15) is 12.4 Å². The van der Waals surface area contributed by atoms with Crippen LogP contribution in [0.2, 0.25) is 0 Å². The topological polar surface area (TPSA) is 105 Å². The molecule has 0 unspecified atom stereocenters. The lowest BCUT2D eigenvalue weighted by Gasteiger charge is -2.32. The maximum absolute atomic E-state index is 15.0. The van der Waals surface area contributed by atoms with Crippen molar-refractivity contribution >= 4 is 28.5 Å². The van der Waals surface area contributed by atoms with E-state index < -0.39 is 17.8 Å². The van der Waals surface area contributed by atoms with Crippen molar-refractivity contribution in [3.05, 3.63) is 84.3 Å². The molecule has 5 rings (SSSR count). The van der Waals surface area contributed by atoms with Gasteiger partial charge in [0.25, 0.3) is 0 Å². The Kier molecular flexibility index (Phi) is 9.65. The average Bonchev–Trinajstić information content (AvgIpc) is 2.99. The molecule has 10 nitrogen and oxygen atoms in total. The number of halogens is 1. The predicted molar refractivity (Wildman–Crippen MR) is 162 cm³/mol. The van der Waals surface area contributed by atoms with E-state index >= 15 is 4.39 Å². The number of amides is 3. The number of fused-ring (bicyclic) bond motifs is 1. The SMILES string of the molecule is COc1cc2c(Oc3ccc(NC(=O)NC(=O)Cc4ccccc4)cc3F)ccnc2cc1OCCN1CCN(C)CC1. The van der Waals surface area contributed by atoms with Gasteiger partial charge in [0.15, 0.2) is 23.1 Å². The van der Waals surface area contributed by atoms with Crippen LogP contribution in [-0.4, -0.2) is 80.2 Å². The lowest BCUT2D eigenvalue weighted by atomic mass is 10.1. The molecule has 1 aliphatic rings. The van der Waals surface area contributed by atoms with Crippen LogP contribution in [0.4, 0.5) is 14.9 Å². The van der Waals surface area contributed by atoms with Crippen molar-refractivity contribution in [2.75, 3.05) is 58.8 Å². The fourth-order valence-corrected chi connectivity index (χ4v) is 4.74. The van der Waals surface area contributed by atoms with Crippen LogP contribution < -0.4 is 24.8 Å². The molecule has 3 amide bonds. The third kappa shape index (κ3) is 7.97. The highest BCUT2D eigenvalue weighted by Gasteiger charge is 2.17. The largest absolute Gasteiger partial charge is 0.493 e. The van der Waals surface area contributed by atoms with Crippen molar-refractivity contribution in [3.8, 4) is 23.0 Å². The van der Waals surface area contributed by atoms with Crippen LogP contribution in [-0.2, 0) is 11.2 Å². The minimum absolute atomic E-state index is 0.0459. The van der Waals surface area contributed by atoms with Crippen LogP contribution in [0.3, 0.4) is 0 Å². The first kappa shape index (κ1) is 29.7. The molecule has 1 saturated heterocycles. The second kappa shape index (κ2) is 14.0. The standard InChI is InChI=1S/C32H34FN5O5/c1-37-12-14-38(15-13-37)16-17-42-30-21-26-24(20-29(30)41-2)27(10-11-34-26)43-28-9-8-23(19-25(28)33)35-32(40)36-31(39)18-22-6-4-3-5-7-22/h3-11,19-21H,12-18H2,1-2H3,(H2,35,36,39,40). The Hall–Kier alpha value is -4.74. The quantitative estimate of drug-likeness (QED) is 0.275. The first-order chi connectivity index (χ1) is 20.9. The zero-order valence-corrected chi connectivity index (χ0v) is 24.1. The third-order valence-electron chi connectivity index (χ3n) is 7.12. The Balaban J connectivity index is 1.22. The number of imide groups is 1. The summed E-state index contributed by atoms with van der Waals surface area (Å²) >= 11 is 0. The molecule has 3 aromatic carbocycles. The zero-order chi connectivity index (χ0) is 30.2. The number of pyridine rings is 1. The number of carbonyl (C=O) groups is 2. The smallest absolute Gasteiger partial charge is 0.325 e. The summed E-state index contributed by atoms with van der Waals surface area (Å²) in [5, 5.41) is 5.32. The summed E-state index contributed by atoms with van der Waals surface area (Å²) in [6.07, 6.45) is 1.62. The van der Waals surface area contributed by atoms with Gasteiger partial charge in [-0.15, -0.1) is 0 Å². The molecule has 2 N–H and O–H groups in total. The van der Waals surface area contributed by atoms with Crippen molar-refractivity contribution in [2.24, 2.45) is 0 Å². The van der Waals surface area contributed by atoms with Crippen molar-refractivity contribution < 1.29 is 28.2 Å². The van der Waals surface area contributed by atoms with Crippen LogP contribution >= 0.6 is 0 Å². The highest BCUT2D eigenvalue weighted by molar-refractivity contribution is 6.01. The number of carbonyl (C=O) groups excluding carboxylic acids is 2. The Morgan fingerprint density at radius 2 is 1.72 bits per heavy atom. The van der Waals surface area contributed by atoms with Gasteiger partial charge in [-0.25, -0.2) is 9.18 Å². The first-order valence-electron chi connectivity index (χ1n) is 14.0. The predicted octanol–water partition coefficient (Wildman–Crippen LogP) is 4.69. The van der Waals surface area contributed by atoms with E-state index in [-0.39, 0.29) is 17.9 Å². The van der Waals surface area contributed by atoms with E-state index in [9.17, 15) is 9.59 Å². The first-order valence-corrected chi connectivity index (χ1v) is 14.0. The minimum Gasteiger partial charge on any atom is -0.493 e.